The van der Waals surface area contributed by atoms with Gasteiger partial charge in [0.2, 0.25) is 0 Å². The number of rotatable bonds is 0. The monoisotopic (exact) mass is 268 g/mol. The van der Waals surface area contributed by atoms with E-state index in [1.807, 2.05) is 0 Å². The van der Waals surface area contributed by atoms with Crippen LogP contribution in [-0.4, -0.2) is 19.8 Å². The largest absolute Gasteiger partial charge is 0.325 e. The number of fused-ring (bicyclic) bond motifs is 1. The average molecular weight is 269 g/mol. The van der Waals surface area contributed by atoms with Crippen molar-refractivity contribution in [1.82, 2.24) is 0 Å². The minimum atomic E-state index is -3.55. The van der Waals surface area contributed by atoms with E-state index in [-0.39, 0.29) is 4.90 Å². The van der Waals surface area contributed by atoms with Crippen molar-refractivity contribution in [2.45, 2.75) is 4.90 Å². The molecule has 14 heavy (non-hydrogen) atoms. The van der Waals surface area contributed by atoms with Gasteiger partial charge in [-0.1, -0.05) is 23.4 Å². The van der Waals surface area contributed by atoms with E-state index in [2.05, 4.69) is 9.71 Å². The maximum Gasteiger partial charge on any atom is 0.287 e. The molecule has 0 saturated carbocycles. The summed E-state index contributed by atoms with van der Waals surface area (Å²) in [6.45, 7) is 0. The van der Waals surface area contributed by atoms with E-state index in [0.29, 0.717) is 14.5 Å². The third-order valence-electron chi connectivity index (χ3n) is 1.56. The fourth-order valence-electron chi connectivity index (χ4n) is 0.991. The number of hydrogen-bond donors (Lipinski definition) is 1. The van der Waals surface area contributed by atoms with Crippen molar-refractivity contribution in [1.29, 1.82) is 0 Å². The molecule has 0 saturated heterocycles. The van der Waals surface area contributed by atoms with E-state index >= 15 is 0 Å². The van der Waals surface area contributed by atoms with E-state index in [9.17, 15) is 8.42 Å². The lowest BCUT2D eigenvalue weighted by molar-refractivity contribution is 0.598. The van der Waals surface area contributed by atoms with Gasteiger partial charge in [-0.15, -0.1) is 15.7 Å². The van der Waals surface area contributed by atoms with Gasteiger partial charge in [0.1, 0.15) is 9.90 Å². The van der Waals surface area contributed by atoms with Gasteiger partial charge in [0, 0.05) is 0 Å². The second-order valence-electron chi connectivity index (χ2n) is 2.44. The molecule has 0 aliphatic carbocycles. The Kier molecular flexibility index (Phi) is 2.50. The fraction of sp³-hybridized carbons (Fsp3) is 0.167. The first-order valence-corrected chi connectivity index (χ1v) is 7.34. The van der Waals surface area contributed by atoms with Crippen LogP contribution in [0.3, 0.4) is 0 Å². The molecule has 0 fully saturated rings. The zero-order valence-corrected chi connectivity index (χ0v) is 10.1. The molecule has 8 heteroatoms. The maximum atomic E-state index is 11.6. The van der Waals surface area contributed by atoms with E-state index < -0.39 is 10.0 Å². The van der Waals surface area contributed by atoms with Crippen molar-refractivity contribution in [2.75, 3.05) is 11.6 Å². The van der Waals surface area contributed by atoms with Crippen LogP contribution in [0.4, 0.5) is 5.00 Å². The van der Waals surface area contributed by atoms with Crippen LogP contribution >= 0.6 is 34.7 Å². The molecule has 1 aliphatic heterocycles. The number of nitrogens with zero attached hydrogens (tertiary/aromatic N) is 1. The first-order valence-electron chi connectivity index (χ1n) is 3.48. The van der Waals surface area contributed by atoms with E-state index in [4.69, 9.17) is 11.6 Å². The van der Waals surface area contributed by atoms with Crippen molar-refractivity contribution in [3.05, 3.63) is 10.4 Å². The van der Waals surface area contributed by atoms with Gasteiger partial charge in [-0.25, -0.2) is 0 Å². The molecule has 1 N–H and O–H groups in total. The molecule has 1 aromatic heterocycles. The van der Waals surface area contributed by atoms with Gasteiger partial charge < -0.3 is 5.32 Å². The Hall–Kier alpha value is -0.240. The predicted molar refractivity (Wildman–Crippen MR) is 61.1 cm³/mol. The summed E-state index contributed by atoms with van der Waals surface area (Å²) in [6, 6.07) is 1.41. The highest BCUT2D eigenvalue weighted by atomic mass is 35.5. The summed E-state index contributed by atoms with van der Waals surface area (Å²) in [4.78, 5) is 0.158. The van der Waals surface area contributed by atoms with Crippen LogP contribution in [-0.2, 0) is 10.0 Å². The highest BCUT2D eigenvalue weighted by Crippen LogP contribution is 2.38. The summed E-state index contributed by atoms with van der Waals surface area (Å²) in [5, 5.41) is 3.80. The van der Waals surface area contributed by atoms with Crippen molar-refractivity contribution < 1.29 is 8.42 Å². The van der Waals surface area contributed by atoms with Crippen LogP contribution in [0, 0.1) is 0 Å². The number of halogens is 1. The predicted octanol–water partition coefficient (Wildman–Crippen LogP) is 2.23. The van der Waals surface area contributed by atoms with Gasteiger partial charge in [0.25, 0.3) is 10.0 Å². The first kappa shape index (κ1) is 10.3. The zero-order chi connectivity index (χ0) is 10.3. The zero-order valence-electron chi connectivity index (χ0n) is 6.94. The molecule has 0 aromatic carbocycles. The molecule has 0 bridgehead atoms. The van der Waals surface area contributed by atoms with Crippen LogP contribution in [0.1, 0.15) is 0 Å². The molecule has 2 rings (SSSR count). The second kappa shape index (κ2) is 3.41. The third kappa shape index (κ3) is 1.65. The smallest absolute Gasteiger partial charge is 0.287 e. The number of thiophene rings is 1. The van der Waals surface area contributed by atoms with Crippen LogP contribution < -0.4 is 5.32 Å². The summed E-state index contributed by atoms with van der Waals surface area (Å²) in [5.41, 5.74) is 0. The topological polar surface area (TPSA) is 58.5 Å². The van der Waals surface area contributed by atoms with Crippen LogP contribution in [0.2, 0.25) is 4.34 Å². The van der Waals surface area contributed by atoms with Gasteiger partial charge in [0.05, 0.1) is 4.34 Å². The van der Waals surface area contributed by atoms with E-state index in [1.165, 1.54) is 29.2 Å². The molecular formula is C6H5ClN2O2S3. The first-order chi connectivity index (χ1) is 6.53. The molecule has 4 nitrogen and oxygen atoms in total. The third-order valence-corrected chi connectivity index (χ3v) is 4.87. The van der Waals surface area contributed by atoms with Crippen LogP contribution in [0.5, 0.6) is 0 Å². The van der Waals surface area contributed by atoms with Crippen LogP contribution in [0.25, 0.3) is 0 Å². The van der Waals surface area contributed by atoms with Gasteiger partial charge >= 0.3 is 0 Å². The normalized spacial score (nSPS) is 18.3. The number of hydrogen-bond acceptors (Lipinski definition) is 5. The standard InChI is InChI=1S/C6H5ClN2O2S3/c1-12-6-8-5-3(2-4(7)13-5)14(10,11)9-6/h2H,1H3,(H,8,9). The molecule has 0 unspecified atom stereocenters. The summed E-state index contributed by atoms with van der Waals surface area (Å²) in [5.74, 6) is 0. The van der Waals surface area contributed by atoms with Crippen molar-refractivity contribution in [2.24, 2.45) is 4.40 Å². The molecule has 0 atom stereocenters. The Labute approximate surface area is 94.4 Å². The molecule has 2 heterocycles. The van der Waals surface area contributed by atoms with E-state index in [0.717, 1.165) is 0 Å². The lowest BCUT2D eigenvalue weighted by atomic mass is 10.6. The van der Waals surface area contributed by atoms with Crippen molar-refractivity contribution >= 4 is 54.9 Å². The quantitative estimate of drug-likeness (QED) is 0.784. The van der Waals surface area contributed by atoms with Crippen molar-refractivity contribution in [3.8, 4) is 0 Å². The lowest BCUT2D eigenvalue weighted by Gasteiger charge is -2.11. The van der Waals surface area contributed by atoms with Crippen LogP contribution in [0.15, 0.2) is 15.4 Å². The SMILES string of the molecule is CSC1=NS(=O)(=O)c2cc(Cl)sc2N1. The maximum absolute atomic E-state index is 11.6. The number of thioether (sulfide) groups is 1. The second-order valence-corrected chi connectivity index (χ2v) is 6.50. The van der Waals surface area contributed by atoms with Gasteiger partial charge in [-0.2, -0.15) is 8.42 Å². The molecule has 0 amide bonds. The van der Waals surface area contributed by atoms with Gasteiger partial charge in [0.15, 0.2) is 5.17 Å². The molecule has 1 aliphatic rings. The molecule has 0 radical (unpaired) electrons. The highest BCUT2D eigenvalue weighted by molar-refractivity contribution is 8.14. The fourth-order valence-corrected chi connectivity index (χ4v) is 4.37. The minimum absolute atomic E-state index is 0.158. The molecule has 0 spiro atoms. The Balaban J connectivity index is 2.61. The van der Waals surface area contributed by atoms with E-state index in [1.54, 1.807) is 6.26 Å². The summed E-state index contributed by atoms with van der Waals surface area (Å²) >= 11 is 8.16. The molecular weight excluding hydrogens is 264 g/mol. The number of anilines is 1. The summed E-state index contributed by atoms with van der Waals surface area (Å²) in [6.07, 6.45) is 1.75. The number of amidine groups is 1. The minimum Gasteiger partial charge on any atom is -0.325 e. The Morgan fingerprint density at radius 1 is 1.64 bits per heavy atom. The summed E-state index contributed by atoms with van der Waals surface area (Å²) in [7, 11) is -3.55. The molecule has 76 valence electrons. The molecule has 1 aromatic rings. The van der Waals surface area contributed by atoms with Crippen molar-refractivity contribution in [3.63, 3.8) is 0 Å². The highest BCUT2D eigenvalue weighted by Gasteiger charge is 2.27. The summed E-state index contributed by atoms with van der Waals surface area (Å²) < 4.78 is 27.1. The Morgan fingerprint density at radius 2 is 2.36 bits per heavy atom. The number of nitrogens with one attached hydrogen (secondary N) is 1. The van der Waals surface area contributed by atoms with Gasteiger partial charge in [-0.3, -0.25) is 0 Å². The lowest BCUT2D eigenvalue weighted by Crippen LogP contribution is -2.16. The average Bonchev–Trinajstić information content (AvgIpc) is 2.45. The number of sulfonamides is 1. The Bertz CT molecular complexity index is 505. The Morgan fingerprint density at radius 3 is 3.00 bits per heavy atom. The van der Waals surface area contributed by atoms with Gasteiger partial charge in [-0.05, 0) is 12.3 Å².